The molecule has 12 nitrogen and oxygen atoms in total. The van der Waals surface area contributed by atoms with Crippen LogP contribution in [0.15, 0.2) is 57.9 Å². The summed E-state index contributed by atoms with van der Waals surface area (Å²) in [6.45, 7) is 10.8. The van der Waals surface area contributed by atoms with Crippen LogP contribution >= 0.6 is 0 Å². The molecule has 2 aliphatic heterocycles. The number of hydrogen-bond donors (Lipinski definition) is 1. The first-order chi connectivity index (χ1) is 22.7. The summed E-state index contributed by atoms with van der Waals surface area (Å²) in [5.74, 6) is -0.455. The molecule has 2 saturated heterocycles. The number of ether oxygens (including phenoxy) is 2. The number of hydrogen-bond acceptors (Lipinski definition) is 10. The maximum atomic E-state index is 13.1. The maximum Gasteiger partial charge on any atom is 0.490 e. The second kappa shape index (κ2) is 16.6. The third kappa shape index (κ3) is 10.4. The van der Waals surface area contributed by atoms with Crippen LogP contribution in [-0.4, -0.2) is 111 Å². The topological polar surface area (TPSA) is 139 Å². The molecule has 0 unspecified atom stereocenters. The Kier molecular flexibility index (Phi) is 12.8. The van der Waals surface area contributed by atoms with Crippen LogP contribution < -0.4 is 9.64 Å². The van der Waals surface area contributed by atoms with Crippen LogP contribution in [-0.2, 0) is 19.6 Å². The molecule has 2 aromatic carbocycles. The molecule has 2 fully saturated rings. The van der Waals surface area contributed by atoms with Crippen molar-refractivity contribution in [3.63, 3.8) is 0 Å². The van der Waals surface area contributed by atoms with Crippen LogP contribution in [0, 0.1) is 5.92 Å². The normalized spacial score (nSPS) is 16.5. The van der Waals surface area contributed by atoms with Crippen LogP contribution in [0.4, 0.5) is 19.2 Å². The fraction of sp³-hybridized carbons (Fsp3) is 0.531. The Morgan fingerprint density at radius 3 is 2.10 bits per heavy atom. The highest BCUT2D eigenvalue weighted by Gasteiger charge is 2.38. The summed E-state index contributed by atoms with van der Waals surface area (Å²) in [6, 6.07) is 15.7. The van der Waals surface area contributed by atoms with E-state index in [1.807, 2.05) is 36.4 Å². The molecular weight excluding hydrogens is 655 g/mol. The number of carboxylic acid groups (broad SMARTS) is 1. The van der Waals surface area contributed by atoms with Gasteiger partial charge in [0, 0.05) is 52.2 Å². The van der Waals surface area contributed by atoms with E-state index >= 15 is 0 Å². The van der Waals surface area contributed by atoms with Crippen molar-refractivity contribution in [2.45, 2.75) is 43.7 Å². The van der Waals surface area contributed by atoms with E-state index in [-0.39, 0.29) is 5.92 Å². The first-order valence-corrected chi connectivity index (χ1v) is 17.2. The standard InChI is InChI=1S/C30H41N5O5S.C2HF3O2/c1-23(2)29-31-30(40-32-29)35-14-12-24(13-15-35)22-39-27-8-4-25(5-9-27)26-6-10-28(11-7-26)41(36,37)33(3)16-17-34-18-20-38-21-19-34;3-2(4,5)1(6)7/h4-11,23-24H,12-22H2,1-3H3;(H,6,7). The van der Waals surface area contributed by atoms with Gasteiger partial charge in [-0.25, -0.2) is 13.2 Å². The summed E-state index contributed by atoms with van der Waals surface area (Å²) in [4.78, 5) is 18.1. The Morgan fingerprint density at radius 2 is 1.58 bits per heavy atom. The van der Waals surface area contributed by atoms with Gasteiger partial charge in [-0.2, -0.15) is 22.5 Å². The molecule has 0 bridgehead atoms. The van der Waals surface area contributed by atoms with Crippen LogP contribution in [0.1, 0.15) is 38.4 Å². The lowest BCUT2D eigenvalue weighted by atomic mass is 9.98. The minimum absolute atomic E-state index is 0.253. The molecule has 0 aliphatic carbocycles. The predicted octanol–water partition coefficient (Wildman–Crippen LogP) is 4.74. The summed E-state index contributed by atoms with van der Waals surface area (Å²) in [6.07, 6.45) is -3.07. The summed E-state index contributed by atoms with van der Waals surface area (Å²) in [5, 5.41) is 11.2. The van der Waals surface area contributed by atoms with Crippen molar-refractivity contribution in [2.24, 2.45) is 5.92 Å². The first kappa shape index (κ1) is 37.1. The third-order valence-electron chi connectivity index (χ3n) is 8.15. The first-order valence-electron chi connectivity index (χ1n) is 15.7. The van der Waals surface area contributed by atoms with Crippen molar-refractivity contribution < 1.29 is 45.5 Å². The summed E-state index contributed by atoms with van der Waals surface area (Å²) in [7, 11) is -1.90. The molecule has 48 heavy (non-hydrogen) atoms. The van der Waals surface area contributed by atoms with Crippen LogP contribution in [0.2, 0.25) is 0 Å². The fourth-order valence-corrected chi connectivity index (χ4v) is 6.23. The smallest absolute Gasteiger partial charge is 0.490 e. The van der Waals surface area contributed by atoms with E-state index in [0.29, 0.717) is 49.7 Å². The Balaban J connectivity index is 0.000000671. The van der Waals surface area contributed by atoms with Crippen molar-refractivity contribution in [2.75, 3.05) is 71.0 Å². The van der Waals surface area contributed by atoms with Gasteiger partial charge in [-0.15, -0.1) is 0 Å². The number of likely N-dealkylation sites (N-methyl/N-ethyl adjacent to an activating group) is 1. The zero-order chi connectivity index (χ0) is 34.9. The second-order valence-electron chi connectivity index (χ2n) is 12.0. The molecule has 3 heterocycles. The number of aromatic nitrogens is 2. The second-order valence-corrected chi connectivity index (χ2v) is 14.0. The lowest BCUT2D eigenvalue weighted by molar-refractivity contribution is -0.192. The van der Waals surface area contributed by atoms with Crippen molar-refractivity contribution in [1.29, 1.82) is 0 Å². The molecule has 0 amide bonds. The van der Waals surface area contributed by atoms with Gasteiger partial charge in [-0.1, -0.05) is 43.3 Å². The molecule has 16 heteroatoms. The summed E-state index contributed by atoms with van der Waals surface area (Å²) >= 11 is 0. The monoisotopic (exact) mass is 697 g/mol. The molecular formula is C32H42F3N5O7S. The molecule has 0 radical (unpaired) electrons. The number of piperidine rings is 1. The van der Waals surface area contributed by atoms with E-state index in [4.69, 9.17) is 23.9 Å². The van der Waals surface area contributed by atoms with Gasteiger partial charge in [0.15, 0.2) is 5.82 Å². The van der Waals surface area contributed by atoms with Crippen molar-refractivity contribution >= 4 is 22.0 Å². The van der Waals surface area contributed by atoms with Gasteiger partial charge in [0.2, 0.25) is 10.0 Å². The number of alkyl halides is 3. The highest BCUT2D eigenvalue weighted by atomic mass is 32.2. The van der Waals surface area contributed by atoms with E-state index in [0.717, 1.165) is 61.7 Å². The molecule has 2 aliphatic rings. The van der Waals surface area contributed by atoms with Gasteiger partial charge in [0.1, 0.15) is 5.75 Å². The number of rotatable bonds is 11. The van der Waals surface area contributed by atoms with Crippen molar-refractivity contribution in [3.8, 4) is 16.9 Å². The molecule has 264 valence electrons. The van der Waals surface area contributed by atoms with E-state index in [1.54, 1.807) is 19.2 Å². The number of halogens is 3. The van der Waals surface area contributed by atoms with Gasteiger partial charge >= 0.3 is 18.2 Å². The number of carbonyl (C=O) groups is 1. The zero-order valence-electron chi connectivity index (χ0n) is 27.2. The summed E-state index contributed by atoms with van der Waals surface area (Å²) in [5.41, 5.74) is 1.97. The third-order valence-corrected chi connectivity index (χ3v) is 10.0. The lowest BCUT2D eigenvalue weighted by Crippen LogP contribution is -2.41. The van der Waals surface area contributed by atoms with Crippen LogP contribution in [0.3, 0.4) is 0 Å². The molecule has 1 aromatic heterocycles. The van der Waals surface area contributed by atoms with Gasteiger partial charge in [0.25, 0.3) is 0 Å². The minimum Gasteiger partial charge on any atom is -0.493 e. The number of sulfonamides is 1. The average molecular weight is 698 g/mol. The van der Waals surface area contributed by atoms with Crippen molar-refractivity contribution in [3.05, 3.63) is 54.4 Å². The SMILES string of the molecule is CC(C)c1noc(N2CCC(COc3ccc(-c4ccc(S(=O)(=O)N(C)CCN5CCOCC5)cc4)cc3)CC2)n1.O=C(O)C(F)(F)F. The van der Waals surface area contributed by atoms with Gasteiger partial charge in [-0.05, 0) is 54.2 Å². The molecule has 3 aromatic rings. The number of aliphatic carboxylic acids is 1. The zero-order valence-corrected chi connectivity index (χ0v) is 28.0. The highest BCUT2D eigenvalue weighted by Crippen LogP contribution is 2.27. The number of benzene rings is 2. The van der Waals surface area contributed by atoms with Gasteiger partial charge in [0.05, 0.1) is 24.7 Å². The highest BCUT2D eigenvalue weighted by molar-refractivity contribution is 7.89. The van der Waals surface area contributed by atoms with Gasteiger partial charge < -0.3 is 24.0 Å². The van der Waals surface area contributed by atoms with E-state index in [2.05, 4.69) is 33.8 Å². The number of carboxylic acids is 1. The van der Waals surface area contributed by atoms with Gasteiger partial charge in [-0.3, -0.25) is 4.90 Å². The number of nitrogens with zero attached hydrogens (tertiary/aromatic N) is 5. The Hall–Kier alpha value is -3.73. The Bertz CT molecular complexity index is 1550. The molecule has 1 N–H and O–H groups in total. The molecule has 5 rings (SSSR count). The maximum absolute atomic E-state index is 13.1. The van der Waals surface area contributed by atoms with E-state index < -0.39 is 22.2 Å². The average Bonchev–Trinajstić information content (AvgIpc) is 3.58. The molecule has 0 atom stereocenters. The van der Waals surface area contributed by atoms with E-state index in [1.165, 1.54) is 4.31 Å². The lowest BCUT2D eigenvalue weighted by Gasteiger charge is -2.30. The summed E-state index contributed by atoms with van der Waals surface area (Å²) < 4.78 is 76.2. The number of anilines is 1. The van der Waals surface area contributed by atoms with E-state index in [9.17, 15) is 21.6 Å². The Labute approximate surface area is 278 Å². The van der Waals surface area contributed by atoms with Crippen LogP contribution in [0.25, 0.3) is 11.1 Å². The predicted molar refractivity (Wildman–Crippen MR) is 171 cm³/mol. The fourth-order valence-electron chi connectivity index (χ4n) is 5.06. The Morgan fingerprint density at radius 1 is 1.02 bits per heavy atom. The van der Waals surface area contributed by atoms with Crippen molar-refractivity contribution in [1.82, 2.24) is 19.3 Å². The number of morpholine rings is 1. The molecule has 0 spiro atoms. The molecule has 0 saturated carbocycles. The minimum atomic E-state index is -5.08. The quantitative estimate of drug-likeness (QED) is 0.297. The largest absolute Gasteiger partial charge is 0.493 e. The van der Waals surface area contributed by atoms with Crippen LogP contribution in [0.5, 0.6) is 5.75 Å².